The summed E-state index contributed by atoms with van der Waals surface area (Å²) in [6.45, 7) is 1.20. The van der Waals surface area contributed by atoms with E-state index in [-0.39, 0.29) is 25.0 Å². The summed E-state index contributed by atoms with van der Waals surface area (Å²) in [5.74, 6) is -1.11. The second-order valence-corrected chi connectivity index (χ2v) is 7.73. The van der Waals surface area contributed by atoms with Crippen molar-refractivity contribution in [3.05, 3.63) is 35.9 Å². The summed E-state index contributed by atoms with van der Waals surface area (Å²) < 4.78 is 0. The minimum atomic E-state index is -1.05. The molecule has 1 aromatic rings. The van der Waals surface area contributed by atoms with Crippen molar-refractivity contribution in [1.82, 2.24) is 20.4 Å². The van der Waals surface area contributed by atoms with Crippen molar-refractivity contribution < 1.29 is 19.2 Å². The van der Waals surface area contributed by atoms with Crippen molar-refractivity contribution in [2.75, 3.05) is 20.1 Å². The molecule has 1 saturated carbocycles. The van der Waals surface area contributed by atoms with E-state index in [4.69, 9.17) is 0 Å². The van der Waals surface area contributed by atoms with Crippen LogP contribution in [0, 0.1) is 0 Å². The van der Waals surface area contributed by atoms with Crippen LogP contribution < -0.4 is 10.6 Å². The molecular formula is C20H26N4O4. The summed E-state index contributed by atoms with van der Waals surface area (Å²) in [6, 6.07) is 9.33. The molecule has 1 saturated heterocycles. The Morgan fingerprint density at radius 2 is 1.93 bits per heavy atom. The first-order valence-electron chi connectivity index (χ1n) is 9.50. The topological polar surface area (TPSA) is 98.8 Å². The van der Waals surface area contributed by atoms with E-state index in [2.05, 4.69) is 10.6 Å². The van der Waals surface area contributed by atoms with E-state index in [0.29, 0.717) is 12.8 Å². The summed E-state index contributed by atoms with van der Waals surface area (Å²) in [7, 11) is 1.49. The Morgan fingerprint density at radius 3 is 2.57 bits per heavy atom. The maximum Gasteiger partial charge on any atom is 0.325 e. The molecule has 1 aliphatic carbocycles. The van der Waals surface area contributed by atoms with Crippen LogP contribution in [0.4, 0.5) is 4.79 Å². The standard InChI is InChI=1S/C20H26N4O4/c1-20(11-10-14-6-4-3-5-7-14)18(27)24(19(28)22-20)13-17(26)23(2)12-16(25)21-15-8-9-15/h3-7,15H,8-13H2,1-2H3,(H,21,25)(H,22,28)/t20-/m0/s1. The summed E-state index contributed by atoms with van der Waals surface area (Å²) in [5, 5.41) is 5.51. The zero-order valence-corrected chi connectivity index (χ0v) is 16.2. The number of hydrogen-bond acceptors (Lipinski definition) is 4. The molecule has 8 nitrogen and oxygen atoms in total. The first-order chi connectivity index (χ1) is 13.3. The smallest absolute Gasteiger partial charge is 0.325 e. The fourth-order valence-electron chi connectivity index (χ4n) is 3.16. The fraction of sp³-hybridized carbons (Fsp3) is 0.500. The fourth-order valence-corrected chi connectivity index (χ4v) is 3.16. The van der Waals surface area contributed by atoms with Gasteiger partial charge in [-0.1, -0.05) is 30.3 Å². The summed E-state index contributed by atoms with van der Waals surface area (Å²) in [6.07, 6.45) is 3.00. The molecule has 0 spiro atoms. The molecule has 1 heterocycles. The Labute approximate surface area is 164 Å². The number of rotatable bonds is 8. The first kappa shape index (κ1) is 19.9. The highest BCUT2D eigenvalue weighted by Crippen LogP contribution is 2.23. The zero-order valence-electron chi connectivity index (χ0n) is 16.2. The van der Waals surface area contributed by atoms with Crippen LogP contribution in [0.2, 0.25) is 0 Å². The van der Waals surface area contributed by atoms with Gasteiger partial charge in [0, 0.05) is 13.1 Å². The van der Waals surface area contributed by atoms with Crippen molar-refractivity contribution >= 4 is 23.8 Å². The lowest BCUT2D eigenvalue weighted by Gasteiger charge is -2.23. The number of benzene rings is 1. The molecule has 1 aromatic carbocycles. The molecule has 0 aromatic heterocycles. The van der Waals surface area contributed by atoms with Crippen LogP contribution in [0.1, 0.15) is 31.7 Å². The molecule has 0 radical (unpaired) electrons. The van der Waals surface area contributed by atoms with Crippen LogP contribution in [0.25, 0.3) is 0 Å². The molecule has 1 aliphatic heterocycles. The van der Waals surface area contributed by atoms with Gasteiger partial charge in [0.1, 0.15) is 12.1 Å². The lowest BCUT2D eigenvalue weighted by atomic mass is 9.93. The number of aryl methyl sites for hydroxylation is 1. The summed E-state index contributed by atoms with van der Waals surface area (Å²) >= 11 is 0. The van der Waals surface area contributed by atoms with E-state index in [9.17, 15) is 19.2 Å². The molecule has 5 amide bonds. The number of likely N-dealkylation sites (N-methyl/N-ethyl adjacent to an activating group) is 1. The molecular weight excluding hydrogens is 360 g/mol. The van der Waals surface area contributed by atoms with Gasteiger partial charge in [-0.25, -0.2) is 4.79 Å². The summed E-state index contributed by atoms with van der Waals surface area (Å²) in [5.41, 5.74) is 0.0245. The van der Waals surface area contributed by atoms with Crippen LogP contribution in [0.5, 0.6) is 0 Å². The average molecular weight is 386 g/mol. The number of carbonyl (C=O) groups is 4. The van der Waals surface area contributed by atoms with E-state index < -0.39 is 23.4 Å². The normalized spacial score (nSPS) is 21.4. The van der Waals surface area contributed by atoms with Gasteiger partial charge in [-0.05, 0) is 38.2 Å². The minimum Gasteiger partial charge on any atom is -0.352 e. The van der Waals surface area contributed by atoms with Gasteiger partial charge in [0.05, 0.1) is 6.54 Å². The molecule has 0 bridgehead atoms. The summed E-state index contributed by atoms with van der Waals surface area (Å²) in [4.78, 5) is 51.5. The van der Waals surface area contributed by atoms with Crippen molar-refractivity contribution in [2.24, 2.45) is 0 Å². The van der Waals surface area contributed by atoms with Crippen molar-refractivity contribution in [2.45, 2.75) is 44.2 Å². The molecule has 28 heavy (non-hydrogen) atoms. The third-order valence-corrected chi connectivity index (χ3v) is 5.14. The van der Waals surface area contributed by atoms with E-state index in [1.165, 1.54) is 11.9 Å². The van der Waals surface area contributed by atoms with Crippen LogP contribution in [-0.2, 0) is 20.8 Å². The maximum absolute atomic E-state index is 12.8. The quantitative estimate of drug-likeness (QED) is 0.642. The molecule has 3 rings (SSSR count). The highest BCUT2D eigenvalue weighted by Gasteiger charge is 2.48. The monoisotopic (exact) mass is 386 g/mol. The van der Waals surface area contributed by atoms with Crippen molar-refractivity contribution in [1.29, 1.82) is 0 Å². The molecule has 150 valence electrons. The van der Waals surface area contributed by atoms with Gasteiger partial charge >= 0.3 is 6.03 Å². The Bertz CT molecular complexity index is 778. The number of nitrogens with one attached hydrogen (secondary N) is 2. The third-order valence-electron chi connectivity index (χ3n) is 5.14. The first-order valence-corrected chi connectivity index (χ1v) is 9.50. The molecule has 2 fully saturated rings. The number of imide groups is 1. The minimum absolute atomic E-state index is 0.0930. The van der Waals surface area contributed by atoms with E-state index in [0.717, 1.165) is 23.3 Å². The lowest BCUT2D eigenvalue weighted by Crippen LogP contribution is -2.47. The number of hydrogen-bond donors (Lipinski definition) is 2. The van der Waals surface area contributed by atoms with Gasteiger partial charge < -0.3 is 15.5 Å². The van der Waals surface area contributed by atoms with E-state index in [1.54, 1.807) is 6.92 Å². The Morgan fingerprint density at radius 1 is 1.25 bits per heavy atom. The molecule has 1 atom stereocenters. The molecule has 8 heteroatoms. The molecule has 2 N–H and O–H groups in total. The second kappa shape index (κ2) is 8.00. The van der Waals surface area contributed by atoms with Crippen LogP contribution in [-0.4, -0.2) is 65.3 Å². The number of urea groups is 1. The van der Waals surface area contributed by atoms with Gasteiger partial charge in [-0.15, -0.1) is 0 Å². The van der Waals surface area contributed by atoms with Gasteiger partial charge in [-0.3, -0.25) is 19.3 Å². The Hall–Kier alpha value is -2.90. The van der Waals surface area contributed by atoms with Crippen LogP contribution >= 0.6 is 0 Å². The highest BCUT2D eigenvalue weighted by molar-refractivity contribution is 6.08. The van der Waals surface area contributed by atoms with Crippen LogP contribution in [0.3, 0.4) is 0 Å². The number of amides is 5. The largest absolute Gasteiger partial charge is 0.352 e. The predicted molar refractivity (Wildman–Crippen MR) is 102 cm³/mol. The van der Waals surface area contributed by atoms with Gasteiger partial charge in [0.25, 0.3) is 5.91 Å². The van der Waals surface area contributed by atoms with Crippen LogP contribution in [0.15, 0.2) is 30.3 Å². The number of carbonyl (C=O) groups excluding carboxylic acids is 4. The van der Waals surface area contributed by atoms with Crippen molar-refractivity contribution in [3.8, 4) is 0 Å². The SMILES string of the molecule is CN(CC(=O)NC1CC1)C(=O)CN1C(=O)N[C@@](C)(CCc2ccccc2)C1=O. The zero-order chi connectivity index (χ0) is 20.3. The average Bonchev–Trinajstić information content (AvgIpc) is 3.44. The van der Waals surface area contributed by atoms with E-state index in [1.807, 2.05) is 30.3 Å². The Kier molecular flexibility index (Phi) is 5.67. The van der Waals surface area contributed by atoms with Gasteiger partial charge in [0.15, 0.2) is 0 Å². The van der Waals surface area contributed by atoms with Gasteiger partial charge in [0.2, 0.25) is 11.8 Å². The predicted octanol–water partition coefficient (Wildman–Crippen LogP) is 0.667. The molecule has 0 unspecified atom stereocenters. The number of nitrogens with zero attached hydrogens (tertiary/aromatic N) is 2. The van der Waals surface area contributed by atoms with Gasteiger partial charge in [-0.2, -0.15) is 0 Å². The maximum atomic E-state index is 12.8. The highest BCUT2D eigenvalue weighted by atomic mass is 16.2. The van der Waals surface area contributed by atoms with E-state index >= 15 is 0 Å². The second-order valence-electron chi connectivity index (χ2n) is 7.73. The van der Waals surface area contributed by atoms with Crippen molar-refractivity contribution in [3.63, 3.8) is 0 Å². The Balaban J connectivity index is 1.54. The molecule has 2 aliphatic rings. The third kappa shape index (κ3) is 4.68. The lowest BCUT2D eigenvalue weighted by molar-refractivity contribution is -0.139.